The molecule has 0 radical (unpaired) electrons. The fraction of sp³-hybridized carbons (Fsp3) is 0.727. The van der Waals surface area contributed by atoms with Crippen LogP contribution in [0.3, 0.4) is 0 Å². The minimum atomic E-state index is -0.813. The topological polar surface area (TPSA) is 116 Å². The molecule has 0 aromatic heterocycles. The summed E-state index contributed by atoms with van der Waals surface area (Å²) >= 11 is 0. The lowest BCUT2D eigenvalue weighted by Crippen LogP contribution is -2.52. The van der Waals surface area contributed by atoms with Gasteiger partial charge in [-0.05, 0) is 0 Å². The summed E-state index contributed by atoms with van der Waals surface area (Å²) in [6.07, 6.45) is 0.245. The van der Waals surface area contributed by atoms with E-state index in [1.165, 1.54) is 0 Å². The van der Waals surface area contributed by atoms with Gasteiger partial charge in [-0.3, -0.25) is 14.5 Å². The number of rotatable bonds is 6. The molecule has 0 saturated carbocycles. The Morgan fingerprint density at radius 1 is 1.11 bits per heavy atom. The quantitative estimate of drug-likeness (QED) is 0.553. The van der Waals surface area contributed by atoms with E-state index in [-0.39, 0.29) is 25.4 Å². The van der Waals surface area contributed by atoms with Crippen molar-refractivity contribution in [2.24, 2.45) is 5.73 Å². The average Bonchev–Trinajstić information content (AvgIpc) is 2.36. The number of amides is 3. The number of primary amides is 1. The molecule has 108 valence electrons. The molecule has 0 atom stereocenters. The number of carboxylic acids is 1. The fourth-order valence-electron chi connectivity index (χ4n) is 1.83. The molecule has 8 heteroatoms. The Balaban J connectivity index is 2.19. The Bertz CT molecular complexity index is 340. The maximum atomic E-state index is 11.7. The van der Waals surface area contributed by atoms with Crippen LogP contribution in [0, 0.1) is 0 Å². The van der Waals surface area contributed by atoms with Crippen LogP contribution in [0.15, 0.2) is 0 Å². The van der Waals surface area contributed by atoms with E-state index in [1.54, 1.807) is 4.90 Å². The Morgan fingerprint density at radius 3 is 2.26 bits per heavy atom. The van der Waals surface area contributed by atoms with Gasteiger partial charge < -0.3 is 21.1 Å². The Labute approximate surface area is 111 Å². The van der Waals surface area contributed by atoms with Crippen molar-refractivity contribution in [3.05, 3.63) is 0 Å². The maximum Gasteiger partial charge on any atom is 0.317 e. The second kappa shape index (κ2) is 7.57. The third-order valence-electron chi connectivity index (χ3n) is 2.95. The monoisotopic (exact) mass is 272 g/mol. The Hall–Kier alpha value is -1.83. The summed E-state index contributed by atoms with van der Waals surface area (Å²) in [4.78, 5) is 36.3. The third-order valence-corrected chi connectivity index (χ3v) is 2.95. The van der Waals surface area contributed by atoms with Crippen LogP contribution >= 0.6 is 0 Å². The summed E-state index contributed by atoms with van der Waals surface area (Å²) < 4.78 is 0. The number of carboxylic acid groups (broad SMARTS) is 1. The molecule has 1 aliphatic heterocycles. The molecule has 0 aliphatic carbocycles. The normalized spacial score (nSPS) is 16.1. The van der Waals surface area contributed by atoms with Gasteiger partial charge in [0.25, 0.3) is 0 Å². The Morgan fingerprint density at radius 2 is 1.74 bits per heavy atom. The highest BCUT2D eigenvalue weighted by Crippen LogP contribution is 2.02. The first-order valence-corrected chi connectivity index (χ1v) is 6.24. The largest absolute Gasteiger partial charge is 0.481 e. The first kappa shape index (κ1) is 15.2. The van der Waals surface area contributed by atoms with Gasteiger partial charge in [0.2, 0.25) is 5.91 Å². The van der Waals surface area contributed by atoms with Crippen LogP contribution in [0.5, 0.6) is 0 Å². The van der Waals surface area contributed by atoms with Crippen molar-refractivity contribution in [1.29, 1.82) is 0 Å². The van der Waals surface area contributed by atoms with Crippen molar-refractivity contribution in [2.45, 2.75) is 12.8 Å². The molecule has 1 heterocycles. The number of hydrogen-bond donors (Lipinski definition) is 3. The molecule has 0 unspecified atom stereocenters. The summed E-state index contributed by atoms with van der Waals surface area (Å²) in [5.74, 6) is -1.26. The smallest absolute Gasteiger partial charge is 0.317 e. The second-order valence-corrected chi connectivity index (χ2v) is 4.42. The van der Waals surface area contributed by atoms with E-state index in [0.717, 1.165) is 0 Å². The van der Waals surface area contributed by atoms with E-state index in [9.17, 15) is 14.4 Å². The van der Waals surface area contributed by atoms with E-state index in [1.807, 2.05) is 4.90 Å². The van der Waals surface area contributed by atoms with E-state index < -0.39 is 11.9 Å². The molecule has 0 aromatic rings. The van der Waals surface area contributed by atoms with Crippen LogP contribution in [0.1, 0.15) is 12.8 Å². The molecule has 0 spiro atoms. The van der Waals surface area contributed by atoms with Crippen LogP contribution in [0.4, 0.5) is 4.79 Å². The summed E-state index contributed by atoms with van der Waals surface area (Å²) in [7, 11) is 0. The number of nitrogens with two attached hydrogens (primary N) is 1. The van der Waals surface area contributed by atoms with Gasteiger partial charge in [-0.2, -0.15) is 0 Å². The lowest BCUT2D eigenvalue weighted by atomic mass is 10.3. The number of aliphatic carboxylic acids is 1. The molecular weight excluding hydrogens is 252 g/mol. The predicted octanol–water partition coefficient (Wildman–Crippen LogP) is -1.34. The lowest BCUT2D eigenvalue weighted by molar-refractivity contribution is -0.137. The zero-order valence-corrected chi connectivity index (χ0v) is 10.8. The van der Waals surface area contributed by atoms with Crippen LogP contribution in [-0.4, -0.2) is 72.1 Å². The van der Waals surface area contributed by atoms with Crippen molar-refractivity contribution in [1.82, 2.24) is 15.1 Å². The number of carbonyl (C=O) groups excluding carboxylic acids is 2. The second-order valence-electron chi connectivity index (χ2n) is 4.42. The standard InChI is InChI=1S/C11H20N4O4/c12-9(16)1-3-13-11(19)15-7-5-14(6-8-15)4-2-10(17)18/h1-8H2,(H2,12,16)(H,13,19)(H,17,18). The molecule has 1 fully saturated rings. The van der Waals surface area contributed by atoms with Gasteiger partial charge in [0.05, 0.1) is 6.42 Å². The minimum absolute atomic E-state index is 0.116. The first-order valence-electron chi connectivity index (χ1n) is 6.24. The van der Waals surface area contributed by atoms with Crippen LogP contribution in [0.2, 0.25) is 0 Å². The molecule has 0 bridgehead atoms. The van der Waals surface area contributed by atoms with Gasteiger partial charge in [-0.15, -0.1) is 0 Å². The van der Waals surface area contributed by atoms with E-state index >= 15 is 0 Å². The maximum absolute atomic E-state index is 11.7. The van der Waals surface area contributed by atoms with Crippen LogP contribution in [0.25, 0.3) is 0 Å². The molecule has 8 nitrogen and oxygen atoms in total. The minimum Gasteiger partial charge on any atom is -0.481 e. The highest BCUT2D eigenvalue weighted by Gasteiger charge is 2.20. The number of carbonyl (C=O) groups is 3. The number of urea groups is 1. The van der Waals surface area contributed by atoms with Gasteiger partial charge in [0.1, 0.15) is 0 Å². The van der Waals surface area contributed by atoms with Gasteiger partial charge in [0.15, 0.2) is 0 Å². The zero-order valence-electron chi connectivity index (χ0n) is 10.8. The van der Waals surface area contributed by atoms with Crippen LogP contribution in [-0.2, 0) is 9.59 Å². The molecule has 19 heavy (non-hydrogen) atoms. The number of piperazine rings is 1. The van der Waals surface area contributed by atoms with Gasteiger partial charge in [0, 0.05) is 45.7 Å². The molecule has 0 aromatic carbocycles. The molecule has 1 aliphatic rings. The lowest BCUT2D eigenvalue weighted by Gasteiger charge is -2.34. The summed E-state index contributed by atoms with van der Waals surface area (Å²) in [5, 5.41) is 11.2. The van der Waals surface area contributed by atoms with Crippen molar-refractivity contribution in [2.75, 3.05) is 39.3 Å². The van der Waals surface area contributed by atoms with Crippen LogP contribution < -0.4 is 11.1 Å². The molecule has 1 saturated heterocycles. The van der Waals surface area contributed by atoms with Crippen molar-refractivity contribution < 1.29 is 19.5 Å². The number of nitrogens with zero attached hydrogens (tertiary/aromatic N) is 2. The summed E-state index contributed by atoms with van der Waals surface area (Å²) in [6, 6.07) is -0.209. The first-order chi connectivity index (χ1) is 8.99. The molecular formula is C11H20N4O4. The molecule has 1 rings (SSSR count). The van der Waals surface area contributed by atoms with E-state index in [0.29, 0.717) is 32.7 Å². The zero-order chi connectivity index (χ0) is 14.3. The number of nitrogens with one attached hydrogen (secondary N) is 1. The average molecular weight is 272 g/mol. The SMILES string of the molecule is NC(=O)CCNC(=O)N1CCN(CCC(=O)O)CC1. The van der Waals surface area contributed by atoms with Gasteiger partial charge in [-0.1, -0.05) is 0 Å². The predicted molar refractivity (Wildman–Crippen MR) is 67.5 cm³/mol. The van der Waals surface area contributed by atoms with Crippen molar-refractivity contribution in [3.8, 4) is 0 Å². The summed E-state index contributed by atoms with van der Waals surface area (Å²) in [5.41, 5.74) is 4.97. The highest BCUT2D eigenvalue weighted by atomic mass is 16.4. The molecule has 3 amide bonds. The van der Waals surface area contributed by atoms with Crippen molar-refractivity contribution in [3.63, 3.8) is 0 Å². The van der Waals surface area contributed by atoms with Gasteiger partial charge >= 0.3 is 12.0 Å². The summed E-state index contributed by atoms with van der Waals surface area (Å²) in [6.45, 7) is 3.19. The molecule has 4 N–H and O–H groups in total. The van der Waals surface area contributed by atoms with Gasteiger partial charge in [-0.25, -0.2) is 4.79 Å². The van der Waals surface area contributed by atoms with E-state index in [4.69, 9.17) is 10.8 Å². The highest BCUT2D eigenvalue weighted by molar-refractivity contribution is 5.77. The van der Waals surface area contributed by atoms with Crippen molar-refractivity contribution >= 4 is 17.9 Å². The fourth-order valence-corrected chi connectivity index (χ4v) is 1.83. The van der Waals surface area contributed by atoms with E-state index in [2.05, 4.69) is 5.32 Å². The number of hydrogen-bond acceptors (Lipinski definition) is 4. The third kappa shape index (κ3) is 6.05. The Kier molecular flexibility index (Phi) is 6.07.